The highest BCUT2D eigenvalue weighted by molar-refractivity contribution is 5.47. The van der Waals surface area contributed by atoms with Crippen molar-refractivity contribution in [3.63, 3.8) is 0 Å². The van der Waals surface area contributed by atoms with Crippen LogP contribution in [0, 0.1) is 6.92 Å². The van der Waals surface area contributed by atoms with E-state index in [1.54, 1.807) is 4.57 Å². The van der Waals surface area contributed by atoms with Crippen LogP contribution in [0.4, 0.5) is 5.69 Å². The molecule has 1 aromatic heterocycles. The second-order valence-corrected chi connectivity index (χ2v) is 5.14. The number of nitrogens with one attached hydrogen (secondary N) is 1. The van der Waals surface area contributed by atoms with Crippen LogP contribution in [0.1, 0.15) is 11.3 Å². The molecule has 6 heteroatoms. The van der Waals surface area contributed by atoms with Crippen molar-refractivity contribution in [2.75, 3.05) is 18.7 Å². The molecule has 0 amide bonds. The monoisotopic (exact) mass is 302 g/mol. The van der Waals surface area contributed by atoms with E-state index in [0.717, 1.165) is 28.4 Å². The fourth-order valence-corrected chi connectivity index (χ4v) is 2.47. The Bertz CT molecular complexity index is 739. The van der Waals surface area contributed by atoms with Crippen molar-refractivity contribution in [3.05, 3.63) is 51.9 Å². The Hall–Kier alpha value is -2.47. The van der Waals surface area contributed by atoms with Crippen LogP contribution in [-0.4, -0.2) is 23.1 Å². The summed E-state index contributed by atoms with van der Waals surface area (Å²) >= 11 is 0. The molecule has 2 N–H and O–H groups in total. The molecule has 1 aliphatic rings. The van der Waals surface area contributed by atoms with Crippen LogP contribution in [0.2, 0.25) is 0 Å². The van der Waals surface area contributed by atoms with Gasteiger partial charge in [-0.05, 0) is 30.7 Å². The van der Waals surface area contributed by atoms with Crippen LogP contribution in [0.5, 0.6) is 11.5 Å². The molecule has 0 saturated heterocycles. The molecular formula is C16H18N2O4. The minimum Gasteiger partial charge on any atom is -0.454 e. The van der Waals surface area contributed by atoms with Gasteiger partial charge in [0, 0.05) is 30.5 Å². The average molecular weight is 302 g/mol. The van der Waals surface area contributed by atoms with E-state index in [-0.39, 0.29) is 19.0 Å². The van der Waals surface area contributed by atoms with Crippen LogP contribution in [0.25, 0.3) is 0 Å². The molecule has 0 aliphatic carbocycles. The molecule has 1 aromatic carbocycles. The second kappa shape index (κ2) is 6.11. The zero-order valence-corrected chi connectivity index (χ0v) is 12.3. The zero-order valence-electron chi connectivity index (χ0n) is 12.3. The molecule has 0 saturated carbocycles. The first-order chi connectivity index (χ1) is 10.7. The van der Waals surface area contributed by atoms with Gasteiger partial charge in [0.25, 0.3) is 5.56 Å². The molecule has 6 nitrogen and oxygen atoms in total. The normalized spacial score (nSPS) is 12.5. The van der Waals surface area contributed by atoms with Gasteiger partial charge in [-0.2, -0.15) is 0 Å². The van der Waals surface area contributed by atoms with Crippen LogP contribution in [0.3, 0.4) is 0 Å². The Kier molecular flexibility index (Phi) is 4.02. The van der Waals surface area contributed by atoms with Gasteiger partial charge in [-0.1, -0.05) is 6.07 Å². The quantitative estimate of drug-likeness (QED) is 0.875. The molecule has 0 spiro atoms. The number of hydrogen-bond acceptors (Lipinski definition) is 5. The summed E-state index contributed by atoms with van der Waals surface area (Å²) in [4.78, 5) is 12.0. The minimum atomic E-state index is -0.123. The highest BCUT2D eigenvalue weighted by Gasteiger charge is 2.13. The van der Waals surface area contributed by atoms with Crippen LogP contribution in [-0.2, 0) is 13.1 Å². The summed E-state index contributed by atoms with van der Waals surface area (Å²) in [7, 11) is 0. The molecule has 0 radical (unpaired) electrons. The number of aromatic nitrogens is 1. The number of hydrogen-bond donors (Lipinski definition) is 2. The number of anilines is 1. The molecule has 0 atom stereocenters. The lowest BCUT2D eigenvalue weighted by Crippen LogP contribution is -2.23. The molecule has 0 fully saturated rings. The smallest absolute Gasteiger partial charge is 0.252 e. The van der Waals surface area contributed by atoms with E-state index in [4.69, 9.17) is 14.6 Å². The highest BCUT2D eigenvalue weighted by atomic mass is 16.7. The van der Waals surface area contributed by atoms with Crippen LogP contribution in [0.15, 0.2) is 35.1 Å². The Morgan fingerprint density at radius 1 is 1.23 bits per heavy atom. The Labute approximate surface area is 127 Å². The van der Waals surface area contributed by atoms with Gasteiger partial charge in [0.15, 0.2) is 11.5 Å². The molecular weight excluding hydrogens is 284 g/mol. The van der Waals surface area contributed by atoms with Crippen molar-refractivity contribution in [3.8, 4) is 11.5 Å². The predicted octanol–water partition coefficient (Wildman–Crippen LogP) is 1.49. The first-order valence-electron chi connectivity index (χ1n) is 7.12. The van der Waals surface area contributed by atoms with Crippen LogP contribution < -0.4 is 20.3 Å². The number of nitrogens with zero attached hydrogens (tertiary/aromatic N) is 1. The maximum atomic E-state index is 12.0. The van der Waals surface area contributed by atoms with Gasteiger partial charge < -0.3 is 24.5 Å². The molecule has 1 aliphatic heterocycles. The third-order valence-corrected chi connectivity index (χ3v) is 3.59. The van der Waals surface area contributed by atoms with Crippen molar-refractivity contribution in [1.29, 1.82) is 0 Å². The van der Waals surface area contributed by atoms with Gasteiger partial charge in [-0.15, -0.1) is 0 Å². The number of aliphatic hydroxyl groups excluding tert-OH is 1. The lowest BCUT2D eigenvalue weighted by Gasteiger charge is -2.12. The van der Waals surface area contributed by atoms with Crippen molar-refractivity contribution in [1.82, 2.24) is 4.57 Å². The summed E-state index contributed by atoms with van der Waals surface area (Å²) in [6.45, 7) is 2.95. The van der Waals surface area contributed by atoms with Crippen molar-refractivity contribution < 1.29 is 14.6 Å². The summed E-state index contributed by atoms with van der Waals surface area (Å²) < 4.78 is 12.2. The van der Waals surface area contributed by atoms with E-state index < -0.39 is 0 Å². The van der Waals surface area contributed by atoms with E-state index in [1.165, 1.54) is 6.07 Å². The predicted molar refractivity (Wildman–Crippen MR) is 82.4 cm³/mol. The molecule has 3 rings (SSSR count). The first-order valence-corrected chi connectivity index (χ1v) is 7.12. The summed E-state index contributed by atoms with van der Waals surface area (Å²) in [5, 5.41) is 12.2. The Morgan fingerprint density at radius 3 is 2.82 bits per heavy atom. The van der Waals surface area contributed by atoms with Crippen molar-refractivity contribution >= 4 is 5.69 Å². The van der Waals surface area contributed by atoms with Crippen LogP contribution >= 0.6 is 0 Å². The second-order valence-electron chi connectivity index (χ2n) is 5.14. The standard InChI is InChI=1S/C16H18N2O4/c1-11-6-13(8-16(20)18(11)4-5-19)17-9-12-2-3-14-15(7-12)22-10-21-14/h2-3,6-8,17,19H,4-5,9-10H2,1H3. The number of ether oxygens (including phenoxy) is 2. The number of benzene rings is 1. The summed E-state index contributed by atoms with van der Waals surface area (Å²) in [6.07, 6.45) is 0. The number of aryl methyl sites for hydroxylation is 1. The van der Waals surface area contributed by atoms with Gasteiger partial charge in [-0.25, -0.2) is 0 Å². The number of pyridine rings is 1. The average Bonchev–Trinajstić information content (AvgIpc) is 2.96. The Morgan fingerprint density at radius 2 is 2.05 bits per heavy atom. The van der Waals surface area contributed by atoms with Gasteiger partial charge >= 0.3 is 0 Å². The molecule has 116 valence electrons. The van der Waals surface area contributed by atoms with Crippen molar-refractivity contribution in [2.45, 2.75) is 20.0 Å². The minimum absolute atomic E-state index is 0.0509. The number of rotatable bonds is 5. The SMILES string of the molecule is Cc1cc(NCc2ccc3c(c2)OCO3)cc(=O)n1CCO. The van der Waals surface area contributed by atoms with Gasteiger partial charge in [-0.3, -0.25) is 4.79 Å². The maximum Gasteiger partial charge on any atom is 0.252 e. The molecule has 2 aromatic rings. The number of fused-ring (bicyclic) bond motifs is 1. The fourth-order valence-electron chi connectivity index (χ4n) is 2.47. The third kappa shape index (κ3) is 2.92. The largest absolute Gasteiger partial charge is 0.454 e. The summed E-state index contributed by atoms with van der Waals surface area (Å²) in [5.74, 6) is 1.50. The summed E-state index contributed by atoms with van der Waals surface area (Å²) in [6, 6.07) is 9.19. The zero-order chi connectivity index (χ0) is 15.5. The van der Waals surface area contributed by atoms with E-state index in [2.05, 4.69) is 5.32 Å². The molecule has 2 heterocycles. The third-order valence-electron chi connectivity index (χ3n) is 3.59. The van der Waals surface area contributed by atoms with E-state index in [0.29, 0.717) is 13.1 Å². The van der Waals surface area contributed by atoms with Crippen molar-refractivity contribution in [2.24, 2.45) is 0 Å². The van der Waals surface area contributed by atoms with Gasteiger partial charge in [0.1, 0.15) is 0 Å². The lowest BCUT2D eigenvalue weighted by molar-refractivity contribution is 0.174. The lowest BCUT2D eigenvalue weighted by atomic mass is 10.2. The maximum absolute atomic E-state index is 12.0. The van der Waals surface area contributed by atoms with E-state index in [1.807, 2.05) is 31.2 Å². The molecule has 0 bridgehead atoms. The Balaban J connectivity index is 1.73. The topological polar surface area (TPSA) is 72.7 Å². The summed E-state index contributed by atoms with van der Waals surface area (Å²) in [5.41, 5.74) is 2.49. The van der Waals surface area contributed by atoms with Gasteiger partial charge in [0.2, 0.25) is 6.79 Å². The molecule has 22 heavy (non-hydrogen) atoms. The van der Waals surface area contributed by atoms with Gasteiger partial charge in [0.05, 0.1) is 6.61 Å². The molecule has 0 unspecified atom stereocenters. The highest BCUT2D eigenvalue weighted by Crippen LogP contribution is 2.32. The first kappa shape index (κ1) is 14.5. The van der Waals surface area contributed by atoms with E-state index >= 15 is 0 Å². The van der Waals surface area contributed by atoms with E-state index in [9.17, 15) is 4.79 Å². The number of aliphatic hydroxyl groups is 1. The fraction of sp³-hybridized carbons (Fsp3) is 0.312.